The molecule has 4 rings (SSSR count). The zero-order chi connectivity index (χ0) is 24.3. The third kappa shape index (κ3) is 5.53. The van der Waals surface area contributed by atoms with Crippen molar-refractivity contribution in [3.8, 4) is 11.1 Å². The molecule has 0 aliphatic rings. The maximum atomic E-state index is 13.0. The Kier molecular flexibility index (Phi) is 6.52. The van der Waals surface area contributed by atoms with Crippen molar-refractivity contribution >= 4 is 17.5 Å². The highest BCUT2D eigenvalue weighted by atomic mass is 19.4. The molecular weight excluding hydrogens is 451 g/mol. The van der Waals surface area contributed by atoms with Crippen LogP contribution in [-0.2, 0) is 23.9 Å². The number of carbonyl (C=O) groups excluding carboxylic acids is 1. The molecule has 4 aromatic heterocycles. The minimum absolute atomic E-state index is 0.0868. The number of aryl methyl sites for hydroxylation is 2. The maximum Gasteiger partial charge on any atom is 0.417 e. The van der Waals surface area contributed by atoms with Crippen LogP contribution in [0.25, 0.3) is 16.9 Å². The smallest absolute Gasteiger partial charge is 0.309 e. The quantitative estimate of drug-likeness (QED) is 0.417. The van der Waals surface area contributed by atoms with Crippen LogP contribution >= 0.6 is 0 Å². The number of carbonyl (C=O) groups is 1. The number of nitrogens with zero attached hydrogens (tertiary/aromatic N) is 8. The summed E-state index contributed by atoms with van der Waals surface area (Å²) in [6.07, 6.45) is 3.80. The molecule has 1 unspecified atom stereocenters. The van der Waals surface area contributed by atoms with Gasteiger partial charge in [-0.2, -0.15) is 23.0 Å². The van der Waals surface area contributed by atoms with Crippen LogP contribution in [0.4, 0.5) is 19.0 Å². The van der Waals surface area contributed by atoms with Gasteiger partial charge in [-0.1, -0.05) is 6.92 Å². The molecular formula is C21H22F3N9O. The van der Waals surface area contributed by atoms with E-state index in [4.69, 9.17) is 0 Å². The topological polar surface area (TPSA) is 116 Å². The number of halogens is 3. The average molecular weight is 473 g/mol. The van der Waals surface area contributed by atoms with E-state index >= 15 is 0 Å². The molecule has 0 spiro atoms. The highest BCUT2D eigenvalue weighted by molar-refractivity contribution is 5.90. The Morgan fingerprint density at radius 2 is 2.00 bits per heavy atom. The Morgan fingerprint density at radius 1 is 1.18 bits per heavy atom. The predicted octanol–water partition coefficient (Wildman–Crippen LogP) is 3.41. The number of amides is 1. The van der Waals surface area contributed by atoms with Crippen molar-refractivity contribution in [2.24, 2.45) is 5.92 Å². The largest absolute Gasteiger partial charge is 0.417 e. The van der Waals surface area contributed by atoms with Crippen LogP contribution in [0.15, 0.2) is 37.1 Å². The van der Waals surface area contributed by atoms with E-state index in [0.717, 1.165) is 18.7 Å². The second kappa shape index (κ2) is 9.53. The lowest BCUT2D eigenvalue weighted by molar-refractivity contribution is -0.137. The number of alkyl halides is 3. The Balaban J connectivity index is 1.38. The first kappa shape index (κ1) is 23.3. The molecule has 4 heterocycles. The molecule has 0 saturated heterocycles. The van der Waals surface area contributed by atoms with E-state index in [9.17, 15) is 18.0 Å². The van der Waals surface area contributed by atoms with Crippen LogP contribution in [0.2, 0.25) is 0 Å². The van der Waals surface area contributed by atoms with Gasteiger partial charge in [-0.25, -0.2) is 4.98 Å². The summed E-state index contributed by atoms with van der Waals surface area (Å²) in [4.78, 5) is 26.1. The number of fused-ring (bicyclic) bond motifs is 1. The Bertz CT molecular complexity index is 1300. The highest BCUT2D eigenvalue weighted by Crippen LogP contribution is 2.31. The molecule has 0 bridgehead atoms. The number of tetrazole rings is 1. The molecule has 34 heavy (non-hydrogen) atoms. The minimum atomic E-state index is -4.49. The van der Waals surface area contributed by atoms with Crippen LogP contribution in [0.5, 0.6) is 0 Å². The summed E-state index contributed by atoms with van der Waals surface area (Å²) >= 11 is 0. The van der Waals surface area contributed by atoms with Crippen molar-refractivity contribution < 1.29 is 18.0 Å². The molecule has 1 atom stereocenters. The van der Waals surface area contributed by atoms with E-state index in [1.807, 2.05) is 13.8 Å². The zero-order valence-corrected chi connectivity index (χ0v) is 18.5. The van der Waals surface area contributed by atoms with E-state index in [1.165, 1.54) is 21.6 Å². The molecule has 0 saturated carbocycles. The molecule has 178 valence electrons. The van der Waals surface area contributed by atoms with Gasteiger partial charge in [-0.15, -0.1) is 10.2 Å². The fraction of sp³-hybridized carbons (Fsp3) is 0.381. The number of imidazole rings is 1. The van der Waals surface area contributed by atoms with Crippen molar-refractivity contribution in [3.05, 3.63) is 48.4 Å². The summed E-state index contributed by atoms with van der Waals surface area (Å²) in [5, 5.41) is 14.9. The maximum absolute atomic E-state index is 13.0. The minimum Gasteiger partial charge on any atom is -0.309 e. The Labute approximate surface area is 192 Å². The normalized spacial score (nSPS) is 12.7. The summed E-state index contributed by atoms with van der Waals surface area (Å²) in [6.45, 7) is 4.54. The molecule has 0 radical (unpaired) electrons. The zero-order valence-electron chi connectivity index (χ0n) is 18.5. The molecule has 0 fully saturated rings. The summed E-state index contributed by atoms with van der Waals surface area (Å²) in [7, 11) is 0. The fourth-order valence-electron chi connectivity index (χ4n) is 3.35. The predicted molar refractivity (Wildman–Crippen MR) is 115 cm³/mol. The lowest BCUT2D eigenvalue weighted by atomic mass is 10.0. The van der Waals surface area contributed by atoms with Gasteiger partial charge in [0.15, 0.2) is 11.6 Å². The SMILES string of the molecule is CCn1nnc(CCC(C)CC(=O)Nc2cn3cc(-c4cncc(C(F)(F)F)c4)cnc3n2)n1. The first-order valence-corrected chi connectivity index (χ1v) is 10.6. The second-order valence-electron chi connectivity index (χ2n) is 7.93. The van der Waals surface area contributed by atoms with Crippen LogP contribution in [0.1, 0.15) is 38.1 Å². The Hall–Kier alpha value is -3.90. The highest BCUT2D eigenvalue weighted by Gasteiger charge is 2.31. The van der Waals surface area contributed by atoms with Crippen molar-refractivity contribution in [3.63, 3.8) is 0 Å². The first-order valence-electron chi connectivity index (χ1n) is 10.6. The van der Waals surface area contributed by atoms with Crippen LogP contribution in [-0.4, -0.2) is 45.5 Å². The number of anilines is 1. The molecule has 1 N–H and O–H groups in total. The van der Waals surface area contributed by atoms with Gasteiger partial charge >= 0.3 is 6.18 Å². The van der Waals surface area contributed by atoms with Crippen LogP contribution in [0.3, 0.4) is 0 Å². The number of nitrogens with one attached hydrogen (secondary N) is 1. The van der Waals surface area contributed by atoms with Crippen LogP contribution in [0, 0.1) is 5.92 Å². The molecule has 13 heteroatoms. The summed E-state index contributed by atoms with van der Waals surface area (Å²) in [5.74, 6) is 1.13. The molecule has 4 aromatic rings. The van der Waals surface area contributed by atoms with Gasteiger partial charge in [0, 0.05) is 48.8 Å². The van der Waals surface area contributed by atoms with Crippen molar-refractivity contribution in [2.75, 3.05) is 5.32 Å². The van der Waals surface area contributed by atoms with Gasteiger partial charge in [-0.05, 0) is 30.5 Å². The number of aromatic nitrogens is 8. The molecule has 1 amide bonds. The van der Waals surface area contributed by atoms with Crippen molar-refractivity contribution in [1.29, 1.82) is 0 Å². The number of pyridine rings is 1. The number of rotatable bonds is 8. The first-order chi connectivity index (χ1) is 16.2. The fourth-order valence-corrected chi connectivity index (χ4v) is 3.35. The second-order valence-corrected chi connectivity index (χ2v) is 7.93. The number of hydrogen-bond donors (Lipinski definition) is 1. The third-order valence-corrected chi connectivity index (χ3v) is 5.15. The van der Waals surface area contributed by atoms with Crippen LogP contribution < -0.4 is 5.32 Å². The molecule has 0 aliphatic carbocycles. The number of hydrogen-bond acceptors (Lipinski definition) is 7. The van der Waals surface area contributed by atoms with E-state index in [1.54, 1.807) is 12.4 Å². The third-order valence-electron chi connectivity index (χ3n) is 5.15. The monoisotopic (exact) mass is 473 g/mol. The average Bonchev–Trinajstić information content (AvgIpc) is 3.42. The molecule has 0 aromatic carbocycles. The van der Waals surface area contributed by atoms with E-state index in [2.05, 4.69) is 35.7 Å². The van der Waals surface area contributed by atoms with Gasteiger partial charge in [-0.3, -0.25) is 14.2 Å². The van der Waals surface area contributed by atoms with Gasteiger partial charge in [0.25, 0.3) is 0 Å². The molecule has 0 aliphatic heterocycles. The lowest BCUT2D eigenvalue weighted by Crippen LogP contribution is -2.16. The summed E-state index contributed by atoms with van der Waals surface area (Å²) in [5.41, 5.74) is -0.141. The van der Waals surface area contributed by atoms with Gasteiger partial charge in [0.2, 0.25) is 11.7 Å². The van der Waals surface area contributed by atoms with E-state index in [0.29, 0.717) is 35.9 Å². The summed E-state index contributed by atoms with van der Waals surface area (Å²) in [6, 6.07) is 1.01. The van der Waals surface area contributed by atoms with E-state index < -0.39 is 11.7 Å². The van der Waals surface area contributed by atoms with Gasteiger partial charge in [0.1, 0.15) is 0 Å². The lowest BCUT2D eigenvalue weighted by Gasteiger charge is -2.09. The van der Waals surface area contributed by atoms with E-state index in [-0.39, 0.29) is 23.8 Å². The summed E-state index contributed by atoms with van der Waals surface area (Å²) < 4.78 is 40.5. The van der Waals surface area contributed by atoms with Crippen molar-refractivity contribution in [2.45, 2.75) is 45.8 Å². The van der Waals surface area contributed by atoms with Crippen molar-refractivity contribution in [1.82, 2.24) is 39.6 Å². The molecule has 10 nitrogen and oxygen atoms in total. The van der Waals surface area contributed by atoms with Gasteiger partial charge < -0.3 is 5.32 Å². The van der Waals surface area contributed by atoms with Gasteiger partial charge in [0.05, 0.1) is 18.3 Å². The Morgan fingerprint density at radius 3 is 2.74 bits per heavy atom. The standard InChI is InChI=1S/C21H22F3N9O/c1-3-33-30-17(29-31-33)5-4-13(2)6-19(34)27-18-12-32-11-15(9-26-20(32)28-18)14-7-16(10-25-8-14)21(22,23)24/h7-13H,3-6H2,1-2H3,(H,27,34).